The van der Waals surface area contributed by atoms with Gasteiger partial charge in [0.05, 0.1) is 0 Å². The van der Waals surface area contributed by atoms with E-state index in [9.17, 15) is 0 Å². The van der Waals surface area contributed by atoms with E-state index in [1.165, 1.54) is 62.0 Å². The molecule has 1 N–H and O–H groups in total. The van der Waals surface area contributed by atoms with Crippen LogP contribution in [0.5, 0.6) is 0 Å². The Morgan fingerprint density at radius 1 is 1.00 bits per heavy atom. The molecule has 0 bridgehead atoms. The van der Waals surface area contributed by atoms with Crippen LogP contribution in [0.4, 0.5) is 5.69 Å². The molecule has 0 aromatic heterocycles. The normalized spacial score (nSPS) is 27.3. The smallest absolute Gasteiger partial charge is 0.0369 e. The minimum absolute atomic E-state index is 0.665. The number of rotatable bonds is 3. The van der Waals surface area contributed by atoms with Crippen molar-refractivity contribution in [3.63, 3.8) is 0 Å². The van der Waals surface area contributed by atoms with Crippen LogP contribution in [-0.4, -0.2) is 25.2 Å². The quantitative estimate of drug-likeness (QED) is 0.902. The lowest BCUT2D eigenvalue weighted by Crippen LogP contribution is -2.51. The molecule has 0 amide bonds. The van der Waals surface area contributed by atoms with Gasteiger partial charge in [0.1, 0.15) is 0 Å². The van der Waals surface area contributed by atoms with E-state index in [1.54, 1.807) is 0 Å². The van der Waals surface area contributed by atoms with E-state index in [1.807, 2.05) is 0 Å². The van der Waals surface area contributed by atoms with Crippen molar-refractivity contribution in [2.45, 2.75) is 65.0 Å². The van der Waals surface area contributed by atoms with Crippen molar-refractivity contribution in [2.24, 2.45) is 5.92 Å². The van der Waals surface area contributed by atoms with E-state index in [0.717, 1.165) is 12.0 Å². The molecule has 1 aliphatic carbocycles. The minimum Gasteiger partial charge on any atom is -0.370 e. The van der Waals surface area contributed by atoms with E-state index in [0.29, 0.717) is 6.04 Å². The first-order chi connectivity index (χ1) is 10.1. The van der Waals surface area contributed by atoms with Crippen molar-refractivity contribution in [3.8, 4) is 0 Å². The molecule has 21 heavy (non-hydrogen) atoms. The van der Waals surface area contributed by atoms with E-state index >= 15 is 0 Å². The molecular weight excluding hydrogens is 256 g/mol. The highest BCUT2D eigenvalue weighted by molar-refractivity contribution is 5.51. The highest BCUT2D eigenvalue weighted by atomic mass is 15.2. The molecule has 3 rings (SSSR count). The molecule has 1 saturated carbocycles. The van der Waals surface area contributed by atoms with Gasteiger partial charge in [0.25, 0.3) is 0 Å². The van der Waals surface area contributed by atoms with Crippen molar-refractivity contribution < 1.29 is 0 Å². The van der Waals surface area contributed by atoms with Crippen LogP contribution in [0.15, 0.2) is 18.2 Å². The van der Waals surface area contributed by atoms with Crippen molar-refractivity contribution in [1.29, 1.82) is 0 Å². The number of benzene rings is 1. The van der Waals surface area contributed by atoms with Crippen LogP contribution in [0.2, 0.25) is 0 Å². The predicted molar refractivity (Wildman–Crippen MR) is 91.1 cm³/mol. The molecule has 0 radical (unpaired) electrons. The van der Waals surface area contributed by atoms with Crippen LogP contribution in [0.3, 0.4) is 0 Å². The Kier molecular flexibility index (Phi) is 4.54. The average molecular weight is 286 g/mol. The fourth-order valence-electron chi connectivity index (χ4n) is 4.03. The number of piperidine rings is 1. The van der Waals surface area contributed by atoms with Crippen LogP contribution >= 0.6 is 0 Å². The van der Waals surface area contributed by atoms with Gasteiger partial charge >= 0.3 is 0 Å². The van der Waals surface area contributed by atoms with Crippen LogP contribution < -0.4 is 10.2 Å². The Balaban J connectivity index is 1.68. The number of nitrogens with zero attached hydrogens (tertiary/aromatic N) is 1. The third-order valence-electron chi connectivity index (χ3n) is 5.34. The Bertz CT molecular complexity index is 476. The molecule has 2 nitrogen and oxygen atoms in total. The molecule has 2 unspecified atom stereocenters. The van der Waals surface area contributed by atoms with E-state index in [4.69, 9.17) is 0 Å². The maximum Gasteiger partial charge on any atom is 0.0369 e. The SMILES string of the molecule is Cc1ccc(N2CC(C)CC(NC3CCCC3)C2)cc1C. The Labute approximate surface area is 129 Å². The zero-order valence-electron chi connectivity index (χ0n) is 13.9. The summed E-state index contributed by atoms with van der Waals surface area (Å²) in [5.74, 6) is 0.777. The van der Waals surface area contributed by atoms with Crippen LogP contribution in [0.25, 0.3) is 0 Å². The molecule has 2 heteroatoms. The van der Waals surface area contributed by atoms with E-state index in [2.05, 4.69) is 49.2 Å². The summed E-state index contributed by atoms with van der Waals surface area (Å²) in [6.07, 6.45) is 6.93. The molecule has 0 spiro atoms. The van der Waals surface area contributed by atoms with Gasteiger partial charge in [-0.1, -0.05) is 25.8 Å². The second-order valence-electron chi connectivity index (χ2n) is 7.36. The van der Waals surface area contributed by atoms with Crippen LogP contribution in [-0.2, 0) is 0 Å². The Morgan fingerprint density at radius 3 is 2.48 bits per heavy atom. The highest BCUT2D eigenvalue weighted by Gasteiger charge is 2.27. The lowest BCUT2D eigenvalue weighted by Gasteiger charge is -2.39. The third-order valence-corrected chi connectivity index (χ3v) is 5.34. The second-order valence-corrected chi connectivity index (χ2v) is 7.36. The van der Waals surface area contributed by atoms with Gasteiger partial charge < -0.3 is 10.2 Å². The number of nitrogens with one attached hydrogen (secondary N) is 1. The molecule has 1 aromatic rings. The lowest BCUT2D eigenvalue weighted by molar-refractivity contribution is 0.322. The van der Waals surface area contributed by atoms with Gasteiger partial charge in [-0.2, -0.15) is 0 Å². The number of hydrogen-bond donors (Lipinski definition) is 1. The fourth-order valence-corrected chi connectivity index (χ4v) is 4.03. The standard InChI is InChI=1S/C19H30N2/c1-14-10-18(20-17-6-4-5-7-17)13-21(12-14)19-9-8-15(2)16(3)11-19/h8-9,11,14,17-18,20H,4-7,10,12-13H2,1-3H3. The Hall–Kier alpha value is -1.02. The summed E-state index contributed by atoms with van der Waals surface area (Å²) < 4.78 is 0. The molecule has 1 aliphatic heterocycles. The van der Waals surface area contributed by atoms with Gasteiger partial charge in [-0.3, -0.25) is 0 Å². The molecular formula is C19H30N2. The summed E-state index contributed by atoms with van der Waals surface area (Å²) in [5.41, 5.74) is 4.21. The summed E-state index contributed by atoms with van der Waals surface area (Å²) in [6, 6.07) is 8.37. The maximum absolute atomic E-state index is 3.93. The van der Waals surface area contributed by atoms with Gasteiger partial charge in [-0.25, -0.2) is 0 Å². The van der Waals surface area contributed by atoms with E-state index in [-0.39, 0.29) is 0 Å². The highest BCUT2D eigenvalue weighted by Crippen LogP contribution is 2.26. The number of hydrogen-bond acceptors (Lipinski definition) is 2. The first-order valence-electron chi connectivity index (χ1n) is 8.70. The summed E-state index contributed by atoms with van der Waals surface area (Å²) in [5, 5.41) is 3.93. The fraction of sp³-hybridized carbons (Fsp3) is 0.684. The van der Waals surface area contributed by atoms with Crippen molar-refractivity contribution in [1.82, 2.24) is 5.32 Å². The predicted octanol–water partition coefficient (Wildman–Crippen LogP) is 4.05. The largest absolute Gasteiger partial charge is 0.370 e. The summed E-state index contributed by atoms with van der Waals surface area (Å²) >= 11 is 0. The molecule has 2 atom stereocenters. The second kappa shape index (κ2) is 6.39. The summed E-state index contributed by atoms with van der Waals surface area (Å²) in [4.78, 5) is 2.59. The van der Waals surface area contributed by atoms with Crippen molar-refractivity contribution in [3.05, 3.63) is 29.3 Å². The summed E-state index contributed by atoms with van der Waals surface area (Å²) in [7, 11) is 0. The van der Waals surface area contributed by atoms with Crippen molar-refractivity contribution >= 4 is 5.69 Å². The minimum atomic E-state index is 0.665. The lowest BCUT2D eigenvalue weighted by atomic mass is 9.94. The van der Waals surface area contributed by atoms with Gasteiger partial charge in [-0.15, -0.1) is 0 Å². The van der Waals surface area contributed by atoms with E-state index < -0.39 is 0 Å². The average Bonchev–Trinajstić information content (AvgIpc) is 2.94. The molecule has 1 heterocycles. The monoisotopic (exact) mass is 286 g/mol. The summed E-state index contributed by atoms with van der Waals surface area (Å²) in [6.45, 7) is 9.19. The number of aryl methyl sites for hydroxylation is 2. The van der Waals surface area contributed by atoms with Gasteiger partial charge in [0.2, 0.25) is 0 Å². The molecule has 2 aliphatic rings. The van der Waals surface area contributed by atoms with Gasteiger partial charge in [0, 0.05) is 30.9 Å². The van der Waals surface area contributed by atoms with Crippen LogP contribution in [0.1, 0.15) is 50.2 Å². The molecule has 1 aromatic carbocycles. The van der Waals surface area contributed by atoms with Gasteiger partial charge in [-0.05, 0) is 62.3 Å². The Morgan fingerprint density at radius 2 is 1.76 bits per heavy atom. The maximum atomic E-state index is 3.93. The molecule has 2 fully saturated rings. The van der Waals surface area contributed by atoms with Gasteiger partial charge in [0.15, 0.2) is 0 Å². The number of anilines is 1. The first-order valence-corrected chi connectivity index (χ1v) is 8.70. The zero-order chi connectivity index (χ0) is 14.8. The van der Waals surface area contributed by atoms with Crippen molar-refractivity contribution in [2.75, 3.05) is 18.0 Å². The molecule has 116 valence electrons. The molecule has 1 saturated heterocycles. The first kappa shape index (κ1) is 14.9. The van der Waals surface area contributed by atoms with Crippen LogP contribution in [0, 0.1) is 19.8 Å². The zero-order valence-corrected chi connectivity index (χ0v) is 13.9. The topological polar surface area (TPSA) is 15.3 Å². The third kappa shape index (κ3) is 3.60.